The van der Waals surface area contributed by atoms with Gasteiger partial charge < -0.3 is 0 Å². The first-order valence-electron chi connectivity index (χ1n) is 6.06. The zero-order valence-corrected chi connectivity index (χ0v) is 12.9. The zero-order chi connectivity index (χ0) is 16.5. The van der Waals surface area contributed by atoms with Gasteiger partial charge in [0.15, 0.2) is 0 Å². The summed E-state index contributed by atoms with van der Waals surface area (Å²) in [5, 5.41) is -0.554. The lowest BCUT2D eigenvalue weighted by atomic mass is 10.2. The molecule has 118 valence electrons. The van der Waals surface area contributed by atoms with E-state index in [1.54, 1.807) is 25.1 Å². The molecule has 0 aliphatic carbocycles. The molecule has 22 heavy (non-hydrogen) atoms. The second-order valence-electron chi connectivity index (χ2n) is 4.61. The first-order valence-corrected chi connectivity index (χ1v) is 7.92. The minimum absolute atomic E-state index is 0.267. The van der Waals surface area contributed by atoms with Gasteiger partial charge in [0.2, 0.25) is 0 Å². The van der Waals surface area contributed by atoms with E-state index in [0.717, 1.165) is 17.7 Å². The Bertz CT molecular complexity index is 804. The summed E-state index contributed by atoms with van der Waals surface area (Å²) >= 11 is 5.48. The van der Waals surface area contributed by atoms with E-state index in [1.807, 2.05) is 0 Å². The van der Waals surface area contributed by atoms with Crippen molar-refractivity contribution in [1.82, 2.24) is 0 Å². The number of hydrogen-bond acceptors (Lipinski definition) is 2. The molecule has 0 atom stereocenters. The summed E-state index contributed by atoms with van der Waals surface area (Å²) in [5.74, 6) is 0. The van der Waals surface area contributed by atoms with Crippen LogP contribution in [0, 0.1) is 6.92 Å². The molecule has 0 radical (unpaired) electrons. The SMILES string of the molecule is Cc1cccc(NS(=O)(=O)c2ccc(Cl)c(C(F)(F)F)c2)c1. The van der Waals surface area contributed by atoms with Gasteiger partial charge in [0.05, 0.1) is 15.5 Å². The summed E-state index contributed by atoms with van der Waals surface area (Å²) < 4.78 is 65.0. The standard InChI is InChI=1S/C14H11ClF3NO2S/c1-9-3-2-4-10(7-9)19-22(20,21)11-5-6-13(15)12(8-11)14(16,17)18/h2-8,19H,1H3. The molecule has 2 rings (SSSR count). The summed E-state index contributed by atoms with van der Waals surface area (Å²) in [6.45, 7) is 1.77. The van der Waals surface area contributed by atoms with E-state index in [-0.39, 0.29) is 5.69 Å². The van der Waals surface area contributed by atoms with Crippen LogP contribution in [0.1, 0.15) is 11.1 Å². The third-order valence-corrected chi connectivity index (χ3v) is 4.53. The first kappa shape index (κ1) is 16.6. The Balaban J connectivity index is 2.42. The predicted octanol–water partition coefficient (Wildman–Crippen LogP) is 4.47. The van der Waals surface area contributed by atoms with Crippen LogP contribution >= 0.6 is 11.6 Å². The number of alkyl halides is 3. The van der Waals surface area contributed by atoms with E-state index in [1.165, 1.54) is 6.07 Å². The lowest BCUT2D eigenvalue weighted by Gasteiger charge is -2.12. The summed E-state index contributed by atoms with van der Waals surface area (Å²) in [5.41, 5.74) is -0.114. The predicted molar refractivity (Wildman–Crippen MR) is 78.4 cm³/mol. The van der Waals surface area contributed by atoms with Crippen molar-refractivity contribution in [2.45, 2.75) is 18.0 Å². The maximum absolute atomic E-state index is 12.8. The molecule has 0 unspecified atom stereocenters. The van der Waals surface area contributed by atoms with Crippen LogP contribution in [0.25, 0.3) is 0 Å². The molecular weight excluding hydrogens is 339 g/mol. The van der Waals surface area contributed by atoms with Gasteiger partial charge in [0.1, 0.15) is 0 Å². The molecule has 2 aromatic carbocycles. The van der Waals surface area contributed by atoms with Crippen LogP contribution in [-0.2, 0) is 16.2 Å². The highest BCUT2D eigenvalue weighted by molar-refractivity contribution is 7.92. The normalized spacial score (nSPS) is 12.2. The van der Waals surface area contributed by atoms with Crippen molar-refractivity contribution in [3.05, 3.63) is 58.6 Å². The van der Waals surface area contributed by atoms with Gasteiger partial charge in [-0.25, -0.2) is 8.42 Å². The quantitative estimate of drug-likeness (QED) is 0.888. The molecule has 0 saturated heterocycles. The van der Waals surface area contributed by atoms with E-state index in [4.69, 9.17) is 11.6 Å². The van der Waals surface area contributed by atoms with Crippen LogP contribution in [0.3, 0.4) is 0 Å². The molecule has 0 amide bonds. The molecule has 0 spiro atoms. The Morgan fingerprint density at radius 1 is 1.09 bits per heavy atom. The Labute approximate surface area is 130 Å². The topological polar surface area (TPSA) is 46.2 Å². The number of halogens is 4. The van der Waals surface area contributed by atoms with Crippen molar-refractivity contribution in [3.63, 3.8) is 0 Å². The van der Waals surface area contributed by atoms with Gasteiger partial charge in [-0.3, -0.25) is 4.72 Å². The van der Waals surface area contributed by atoms with Crippen molar-refractivity contribution < 1.29 is 21.6 Å². The summed E-state index contributed by atoms with van der Waals surface area (Å²) in [4.78, 5) is -0.509. The van der Waals surface area contributed by atoms with Crippen molar-refractivity contribution in [3.8, 4) is 0 Å². The fourth-order valence-electron chi connectivity index (χ4n) is 1.81. The van der Waals surface area contributed by atoms with Crippen LogP contribution in [0.2, 0.25) is 5.02 Å². The van der Waals surface area contributed by atoms with E-state index >= 15 is 0 Å². The zero-order valence-electron chi connectivity index (χ0n) is 11.3. The minimum atomic E-state index is -4.73. The molecule has 0 bridgehead atoms. The molecule has 0 fully saturated rings. The number of sulfonamides is 1. The third kappa shape index (κ3) is 3.72. The molecule has 0 aliphatic rings. The molecule has 0 aliphatic heterocycles. The second kappa shape index (κ2) is 5.81. The number of nitrogens with one attached hydrogen (secondary N) is 1. The fraction of sp³-hybridized carbons (Fsp3) is 0.143. The number of benzene rings is 2. The molecule has 2 aromatic rings. The molecule has 3 nitrogen and oxygen atoms in total. The van der Waals surface area contributed by atoms with Gasteiger partial charge in [-0.1, -0.05) is 23.7 Å². The van der Waals surface area contributed by atoms with Gasteiger partial charge in [0, 0.05) is 5.69 Å². The molecule has 1 N–H and O–H groups in total. The van der Waals surface area contributed by atoms with Crippen molar-refractivity contribution in [2.24, 2.45) is 0 Å². The largest absolute Gasteiger partial charge is 0.417 e. The molecule has 8 heteroatoms. The van der Waals surface area contributed by atoms with E-state index in [0.29, 0.717) is 6.07 Å². The maximum atomic E-state index is 12.8. The summed E-state index contributed by atoms with van der Waals surface area (Å²) in [7, 11) is -4.14. The average molecular weight is 350 g/mol. The van der Waals surface area contributed by atoms with Crippen LogP contribution in [0.4, 0.5) is 18.9 Å². The highest BCUT2D eigenvalue weighted by Crippen LogP contribution is 2.36. The first-order chi connectivity index (χ1) is 10.1. The van der Waals surface area contributed by atoms with Crippen LogP contribution < -0.4 is 4.72 Å². The Hall–Kier alpha value is -1.73. The number of hydrogen-bond donors (Lipinski definition) is 1. The average Bonchev–Trinajstić information content (AvgIpc) is 2.36. The Kier molecular flexibility index (Phi) is 4.39. The third-order valence-electron chi connectivity index (χ3n) is 2.82. The minimum Gasteiger partial charge on any atom is -0.280 e. The molecule has 0 aromatic heterocycles. The van der Waals surface area contributed by atoms with Crippen LogP contribution in [0.5, 0.6) is 0 Å². The second-order valence-corrected chi connectivity index (χ2v) is 6.70. The highest BCUT2D eigenvalue weighted by Gasteiger charge is 2.34. The van der Waals surface area contributed by atoms with E-state index < -0.39 is 31.7 Å². The summed E-state index contributed by atoms with van der Waals surface area (Å²) in [6, 6.07) is 8.92. The Morgan fingerprint density at radius 2 is 1.77 bits per heavy atom. The van der Waals surface area contributed by atoms with Gasteiger partial charge in [-0.15, -0.1) is 0 Å². The van der Waals surface area contributed by atoms with Gasteiger partial charge in [-0.05, 0) is 42.8 Å². The van der Waals surface area contributed by atoms with Gasteiger partial charge in [-0.2, -0.15) is 13.2 Å². The number of aryl methyl sites for hydroxylation is 1. The van der Waals surface area contributed by atoms with Crippen molar-refractivity contribution in [2.75, 3.05) is 4.72 Å². The fourth-order valence-corrected chi connectivity index (χ4v) is 3.11. The molecular formula is C14H11ClF3NO2S. The van der Waals surface area contributed by atoms with E-state index in [9.17, 15) is 21.6 Å². The number of anilines is 1. The van der Waals surface area contributed by atoms with Crippen molar-refractivity contribution in [1.29, 1.82) is 0 Å². The monoisotopic (exact) mass is 349 g/mol. The van der Waals surface area contributed by atoms with Crippen LogP contribution in [-0.4, -0.2) is 8.42 Å². The van der Waals surface area contributed by atoms with Crippen molar-refractivity contribution >= 4 is 27.3 Å². The smallest absolute Gasteiger partial charge is 0.280 e. The summed E-state index contributed by atoms with van der Waals surface area (Å²) in [6.07, 6.45) is -4.73. The number of rotatable bonds is 3. The van der Waals surface area contributed by atoms with Crippen LogP contribution in [0.15, 0.2) is 47.4 Å². The van der Waals surface area contributed by atoms with E-state index in [2.05, 4.69) is 4.72 Å². The molecule has 0 heterocycles. The van der Waals surface area contributed by atoms with Gasteiger partial charge >= 0.3 is 6.18 Å². The maximum Gasteiger partial charge on any atom is 0.417 e. The highest BCUT2D eigenvalue weighted by atomic mass is 35.5. The Morgan fingerprint density at radius 3 is 2.36 bits per heavy atom. The lowest BCUT2D eigenvalue weighted by molar-refractivity contribution is -0.137. The molecule has 0 saturated carbocycles. The lowest BCUT2D eigenvalue weighted by Crippen LogP contribution is -2.15. The van der Waals surface area contributed by atoms with Gasteiger partial charge in [0.25, 0.3) is 10.0 Å².